The van der Waals surface area contributed by atoms with E-state index in [1.54, 1.807) is 5.73 Å². The Morgan fingerprint density at radius 3 is 2.31 bits per heavy atom. The van der Waals surface area contributed by atoms with Crippen molar-refractivity contribution in [3.63, 3.8) is 0 Å². The predicted octanol–water partition coefficient (Wildman–Crippen LogP) is -3.94. The van der Waals surface area contributed by atoms with Crippen LogP contribution >= 0.6 is 0 Å². The summed E-state index contributed by atoms with van der Waals surface area (Å²) in [7, 11) is 0. The smallest absolute Gasteiger partial charge is 0.184 e. The molecule has 1 aliphatic rings. The van der Waals surface area contributed by atoms with Crippen molar-refractivity contribution in [3.05, 3.63) is 0 Å². The SMILES string of the molecule is [2H]NC(O)[C@H]1OC(O)[C@H](O)[C@@H](O)[C@@H]1O. The van der Waals surface area contributed by atoms with Gasteiger partial charge in [0, 0.05) is 0 Å². The highest BCUT2D eigenvalue weighted by molar-refractivity contribution is 4.90. The van der Waals surface area contributed by atoms with E-state index in [1.807, 2.05) is 0 Å². The number of rotatable bonds is 2. The van der Waals surface area contributed by atoms with E-state index in [-0.39, 0.29) is 0 Å². The standard InChI is InChI=1S/C6H13NO6/c7-5(11)4-2(9)1(8)3(10)6(12)13-4/h1-6,8-12H,7H2/t1-,2-,3+,4-,5?,6?/m0/s1/i/hD. The molecular weight excluding hydrogens is 182 g/mol. The third-order valence-electron chi connectivity index (χ3n) is 1.94. The fourth-order valence-electron chi connectivity index (χ4n) is 1.15. The Labute approximate surface area is 75.4 Å². The zero-order valence-corrected chi connectivity index (χ0v) is 6.61. The summed E-state index contributed by atoms with van der Waals surface area (Å²) in [6.07, 6.45) is -9.50. The van der Waals surface area contributed by atoms with E-state index in [1.165, 1.54) is 0 Å². The van der Waals surface area contributed by atoms with E-state index in [0.717, 1.165) is 0 Å². The van der Waals surface area contributed by atoms with Crippen molar-refractivity contribution in [1.82, 2.24) is 0 Å². The second kappa shape index (κ2) is 3.84. The number of aliphatic hydroxyl groups excluding tert-OH is 5. The molecule has 2 unspecified atom stereocenters. The fraction of sp³-hybridized carbons (Fsp3) is 1.00. The molecule has 0 aromatic heterocycles. The molecule has 6 atom stereocenters. The molecule has 1 rings (SSSR count). The van der Waals surface area contributed by atoms with E-state index >= 15 is 0 Å². The minimum atomic E-state index is -1.71. The molecule has 7 nitrogen and oxygen atoms in total. The summed E-state index contributed by atoms with van der Waals surface area (Å²) in [6.45, 7) is 0. The van der Waals surface area contributed by atoms with Gasteiger partial charge in [0.25, 0.3) is 0 Å². The maximum atomic E-state index is 9.30. The topological polar surface area (TPSA) is 136 Å². The van der Waals surface area contributed by atoms with Crippen molar-refractivity contribution >= 4 is 0 Å². The number of aliphatic hydroxyl groups is 5. The summed E-state index contributed by atoms with van der Waals surface area (Å²) in [4.78, 5) is 0. The number of nitrogens with two attached hydrogens (primary N) is 1. The Kier molecular flexibility index (Phi) is 2.74. The van der Waals surface area contributed by atoms with Gasteiger partial charge in [0.2, 0.25) is 0 Å². The average molecular weight is 196 g/mol. The lowest BCUT2D eigenvalue weighted by Gasteiger charge is -2.39. The van der Waals surface area contributed by atoms with E-state index < -0.39 is 36.9 Å². The number of ether oxygens (including phenoxy) is 1. The molecule has 7 heteroatoms. The molecule has 1 aliphatic heterocycles. The van der Waals surface area contributed by atoms with Gasteiger partial charge in [-0.15, -0.1) is 0 Å². The van der Waals surface area contributed by atoms with Crippen LogP contribution in [0, 0.1) is 0 Å². The summed E-state index contributed by atoms with van der Waals surface area (Å²) < 4.78 is 11.2. The molecule has 78 valence electrons. The molecule has 0 spiro atoms. The van der Waals surface area contributed by atoms with Crippen LogP contribution in [0.1, 0.15) is 0 Å². The molecule has 1 heterocycles. The van der Waals surface area contributed by atoms with Crippen molar-refractivity contribution in [2.24, 2.45) is 5.73 Å². The lowest BCUT2D eigenvalue weighted by atomic mass is 9.98. The highest BCUT2D eigenvalue weighted by atomic mass is 16.6. The van der Waals surface area contributed by atoms with Crippen LogP contribution in [-0.2, 0) is 4.74 Å². The van der Waals surface area contributed by atoms with E-state index in [4.69, 9.17) is 16.7 Å². The summed E-state index contributed by atoms with van der Waals surface area (Å²) in [5.41, 5.74) is 1.64. The van der Waals surface area contributed by atoms with Crippen LogP contribution < -0.4 is 5.73 Å². The second-order valence-corrected chi connectivity index (χ2v) is 2.91. The average Bonchev–Trinajstić information content (AvgIpc) is 2.19. The molecule has 1 saturated heterocycles. The van der Waals surface area contributed by atoms with Gasteiger partial charge in [0.1, 0.15) is 32.1 Å². The van der Waals surface area contributed by atoms with Crippen LogP contribution in [0.25, 0.3) is 0 Å². The van der Waals surface area contributed by atoms with Gasteiger partial charge in [-0.05, 0) is 0 Å². The van der Waals surface area contributed by atoms with Crippen LogP contribution in [0.15, 0.2) is 0 Å². The summed E-state index contributed by atoms with van der Waals surface area (Å²) >= 11 is 0. The van der Waals surface area contributed by atoms with Gasteiger partial charge in [-0.1, -0.05) is 0 Å². The van der Waals surface area contributed by atoms with E-state index in [2.05, 4.69) is 4.74 Å². The minimum absolute atomic E-state index is 1.37. The first-order chi connectivity index (χ1) is 6.49. The Balaban J connectivity index is 2.70. The molecule has 0 bridgehead atoms. The van der Waals surface area contributed by atoms with Crippen molar-refractivity contribution in [2.45, 2.75) is 36.9 Å². The molecule has 0 amide bonds. The minimum Gasteiger partial charge on any atom is -0.387 e. The quantitative estimate of drug-likeness (QED) is 0.248. The predicted molar refractivity (Wildman–Crippen MR) is 39.1 cm³/mol. The Hall–Kier alpha value is -0.280. The largest absolute Gasteiger partial charge is 0.387 e. The maximum absolute atomic E-state index is 9.30. The van der Waals surface area contributed by atoms with Gasteiger partial charge in [-0.2, -0.15) is 0 Å². The molecule has 0 aromatic rings. The fourth-order valence-corrected chi connectivity index (χ4v) is 1.15. The zero-order valence-electron chi connectivity index (χ0n) is 7.61. The monoisotopic (exact) mass is 196 g/mol. The third kappa shape index (κ3) is 1.97. The molecule has 1 fully saturated rings. The number of hydrogen-bond donors (Lipinski definition) is 6. The summed E-state index contributed by atoms with van der Waals surface area (Å²) in [5, 5.41) is 45.7. The van der Waals surface area contributed by atoms with Crippen molar-refractivity contribution < 1.29 is 31.7 Å². The van der Waals surface area contributed by atoms with Crippen LogP contribution in [0.5, 0.6) is 0 Å². The molecule has 0 aliphatic carbocycles. The summed E-state index contributed by atoms with van der Waals surface area (Å²) in [5.74, 6) is 0. The van der Waals surface area contributed by atoms with Gasteiger partial charge in [0.15, 0.2) is 6.29 Å². The van der Waals surface area contributed by atoms with E-state index in [0.29, 0.717) is 0 Å². The van der Waals surface area contributed by atoms with Gasteiger partial charge in [-0.25, -0.2) is 0 Å². The van der Waals surface area contributed by atoms with Crippen LogP contribution in [0.4, 0.5) is 0 Å². The first-order valence-corrected chi connectivity index (χ1v) is 3.72. The Morgan fingerprint density at radius 1 is 1.15 bits per heavy atom. The Bertz CT molecular complexity index is 195. The highest BCUT2D eigenvalue weighted by Gasteiger charge is 2.44. The summed E-state index contributed by atoms with van der Waals surface area (Å²) in [6, 6.07) is 0. The molecule has 7 N–H and O–H groups in total. The van der Waals surface area contributed by atoms with Crippen molar-refractivity contribution in [1.29, 1.82) is 0 Å². The molecule has 0 aromatic carbocycles. The normalized spacial score (nSPS) is 49.9. The molecular formula is C6H13NO6. The van der Waals surface area contributed by atoms with Crippen LogP contribution in [-0.4, -0.2) is 62.5 Å². The van der Waals surface area contributed by atoms with E-state index in [9.17, 15) is 10.2 Å². The lowest BCUT2D eigenvalue weighted by Crippen LogP contribution is -2.62. The van der Waals surface area contributed by atoms with Crippen LogP contribution in [0.2, 0.25) is 1.41 Å². The first kappa shape index (κ1) is 9.28. The Morgan fingerprint density at radius 2 is 1.77 bits per heavy atom. The van der Waals surface area contributed by atoms with Crippen molar-refractivity contribution in [3.8, 4) is 0 Å². The van der Waals surface area contributed by atoms with Gasteiger partial charge >= 0.3 is 0 Å². The zero-order chi connectivity index (χ0) is 10.9. The first-order valence-electron chi connectivity index (χ1n) is 4.22. The van der Waals surface area contributed by atoms with Crippen molar-refractivity contribution in [2.75, 3.05) is 0 Å². The lowest BCUT2D eigenvalue weighted by molar-refractivity contribution is -0.296. The van der Waals surface area contributed by atoms with Crippen LogP contribution in [0.3, 0.4) is 0 Å². The highest BCUT2D eigenvalue weighted by Crippen LogP contribution is 2.20. The third-order valence-corrected chi connectivity index (χ3v) is 1.94. The van der Waals surface area contributed by atoms with Gasteiger partial charge in [-0.3, -0.25) is 0 Å². The molecule has 0 radical (unpaired) electrons. The maximum Gasteiger partial charge on any atom is 0.184 e. The van der Waals surface area contributed by atoms with Gasteiger partial charge < -0.3 is 36.0 Å². The number of hydrogen-bond acceptors (Lipinski definition) is 7. The molecule has 0 saturated carbocycles. The molecule has 13 heavy (non-hydrogen) atoms. The van der Waals surface area contributed by atoms with Gasteiger partial charge in [0.05, 0.1) is 0 Å². The second-order valence-electron chi connectivity index (χ2n) is 2.91.